The highest BCUT2D eigenvalue weighted by Crippen LogP contribution is 2.47. The monoisotopic (exact) mass is 996 g/mol. The van der Waals surface area contributed by atoms with E-state index in [-0.39, 0.29) is 23.8 Å². The fraction of sp³-hybridized carbons (Fsp3) is 0.935. The maximum absolute atomic E-state index is 13.8. The SMILES string of the molecule is CCCCCC1CCCCC2CC(C(=O)CN3CCCC3)C2CCCCC(CCCCC)CCCOC(=O)C(C)(C)CCCCCCN(C(=O)CN2CCCC2)CCCCCCC(C)(C)C(=O)OCCC1. The van der Waals surface area contributed by atoms with Crippen LogP contribution in [0.3, 0.4) is 0 Å². The Kier molecular flexibility index (Phi) is 30.6. The summed E-state index contributed by atoms with van der Waals surface area (Å²) in [5.74, 6) is 3.55. The fourth-order valence-electron chi connectivity index (χ4n) is 12.8. The number of amides is 1. The summed E-state index contributed by atoms with van der Waals surface area (Å²) in [6.45, 7) is 20.9. The van der Waals surface area contributed by atoms with Crippen LogP contribution in [0.25, 0.3) is 0 Å². The van der Waals surface area contributed by atoms with Crippen molar-refractivity contribution in [3.8, 4) is 0 Å². The molecular formula is C62H113N3O6. The van der Waals surface area contributed by atoms with Gasteiger partial charge in [-0.15, -0.1) is 0 Å². The van der Waals surface area contributed by atoms with Gasteiger partial charge in [0.05, 0.1) is 37.1 Å². The first-order valence-corrected chi connectivity index (χ1v) is 30.9. The van der Waals surface area contributed by atoms with Crippen LogP contribution in [0.1, 0.15) is 266 Å². The molecular weight excluding hydrogens is 883 g/mol. The minimum Gasteiger partial charge on any atom is -0.465 e. The Morgan fingerprint density at radius 2 is 0.915 bits per heavy atom. The quantitative estimate of drug-likeness (QED) is 0.133. The summed E-state index contributed by atoms with van der Waals surface area (Å²) in [7, 11) is 0. The van der Waals surface area contributed by atoms with Crippen LogP contribution in [0.15, 0.2) is 0 Å². The van der Waals surface area contributed by atoms with Gasteiger partial charge >= 0.3 is 11.9 Å². The number of rotatable bonds is 13. The van der Waals surface area contributed by atoms with Crippen LogP contribution in [0, 0.1) is 40.4 Å². The number of hydrogen-bond donors (Lipinski definition) is 0. The predicted octanol–water partition coefficient (Wildman–Crippen LogP) is 15.0. The van der Waals surface area contributed by atoms with E-state index in [1.807, 2.05) is 0 Å². The number of cyclic esters (lactones) is 2. The lowest BCUT2D eigenvalue weighted by Gasteiger charge is -2.45. The van der Waals surface area contributed by atoms with Gasteiger partial charge in [-0.1, -0.05) is 149 Å². The Morgan fingerprint density at radius 3 is 1.41 bits per heavy atom. The molecule has 0 aromatic rings. The van der Waals surface area contributed by atoms with Gasteiger partial charge in [-0.05, 0) is 167 Å². The summed E-state index contributed by atoms with van der Waals surface area (Å²) in [5.41, 5.74) is -0.983. The highest BCUT2D eigenvalue weighted by Gasteiger charge is 2.44. The topological polar surface area (TPSA) is 96.5 Å². The average molecular weight is 997 g/mol. The number of carbonyl (C=O) groups excluding carboxylic acids is 4. The minimum atomic E-state index is -0.494. The summed E-state index contributed by atoms with van der Waals surface area (Å²) < 4.78 is 12.0. The van der Waals surface area contributed by atoms with Crippen LogP contribution in [-0.4, -0.2) is 104 Å². The Bertz CT molecular complexity index is 1450. The summed E-state index contributed by atoms with van der Waals surface area (Å²) in [6.07, 6.45) is 40.0. The maximum atomic E-state index is 13.8. The van der Waals surface area contributed by atoms with Crippen molar-refractivity contribution < 1.29 is 28.7 Å². The van der Waals surface area contributed by atoms with E-state index in [1.54, 1.807) is 0 Å². The Balaban J connectivity index is 1.35. The van der Waals surface area contributed by atoms with E-state index in [0.29, 0.717) is 55.8 Å². The first-order valence-electron chi connectivity index (χ1n) is 30.9. The van der Waals surface area contributed by atoms with Gasteiger partial charge in [0, 0.05) is 19.0 Å². The van der Waals surface area contributed by atoms with Crippen molar-refractivity contribution in [3.63, 3.8) is 0 Å². The molecule has 0 bridgehead atoms. The number of likely N-dealkylation sites (tertiary alicyclic amines) is 2. The molecule has 5 atom stereocenters. The highest BCUT2D eigenvalue weighted by atomic mass is 16.5. The molecule has 9 heteroatoms. The largest absolute Gasteiger partial charge is 0.465 e. The fourth-order valence-corrected chi connectivity index (χ4v) is 12.8. The van der Waals surface area contributed by atoms with E-state index in [9.17, 15) is 19.2 Å². The molecule has 1 saturated carbocycles. The lowest BCUT2D eigenvalue weighted by Crippen LogP contribution is -2.45. The number of Topliss-reactive ketones (excluding diaryl/α,β-unsaturated/α-hetero) is 1. The van der Waals surface area contributed by atoms with Gasteiger partial charge in [-0.25, -0.2) is 0 Å². The lowest BCUT2D eigenvalue weighted by molar-refractivity contribution is -0.155. The first kappa shape index (κ1) is 61.5. The zero-order valence-electron chi connectivity index (χ0n) is 47.5. The molecule has 1 aliphatic carbocycles. The van der Waals surface area contributed by atoms with E-state index in [4.69, 9.17) is 9.47 Å². The number of nitrogens with zero attached hydrogens (tertiary/aromatic N) is 3. The summed E-state index contributed by atoms with van der Waals surface area (Å²) in [4.78, 5) is 60.9. The average Bonchev–Trinajstić information content (AvgIpc) is 4.06. The zero-order chi connectivity index (χ0) is 51.2. The van der Waals surface area contributed by atoms with Crippen LogP contribution in [0.2, 0.25) is 0 Å². The van der Waals surface area contributed by atoms with E-state index in [1.165, 1.54) is 128 Å². The number of unbranched alkanes of at least 4 members (excludes halogenated alkanes) is 4. The van der Waals surface area contributed by atoms with Crippen LogP contribution in [0.5, 0.6) is 0 Å². The molecule has 412 valence electrons. The molecule has 3 saturated heterocycles. The van der Waals surface area contributed by atoms with Crippen LogP contribution < -0.4 is 0 Å². The van der Waals surface area contributed by atoms with Crippen molar-refractivity contribution in [3.05, 3.63) is 0 Å². The van der Waals surface area contributed by atoms with Crippen molar-refractivity contribution in [2.24, 2.45) is 40.4 Å². The van der Waals surface area contributed by atoms with Crippen molar-refractivity contribution >= 4 is 23.6 Å². The van der Waals surface area contributed by atoms with E-state index < -0.39 is 10.8 Å². The number of hydrogen-bond acceptors (Lipinski definition) is 8. The predicted molar refractivity (Wildman–Crippen MR) is 294 cm³/mol. The first-order chi connectivity index (χ1) is 34.3. The van der Waals surface area contributed by atoms with Crippen molar-refractivity contribution in [1.82, 2.24) is 14.7 Å². The van der Waals surface area contributed by atoms with Gasteiger partial charge in [0.1, 0.15) is 5.78 Å². The standard InChI is InChI=1S/C62H113N3O6/c1-7-9-15-31-52-33-17-19-37-54-49-56(57(66)50-63-41-25-26-42-63)55(54)38-20-18-34-53(32-16-10-8-2)36-30-48-71-60(69)62(5,6)40-22-12-14-24-46-65(58(67)51-64-43-27-28-44-64)45-23-13-11-21-39-61(3,4)59(68)70-47-29-35-52/h52-56H,7-51H2,1-6H3. The lowest BCUT2D eigenvalue weighted by atomic mass is 9.59. The molecule has 0 aromatic heterocycles. The molecule has 1 amide bonds. The van der Waals surface area contributed by atoms with Gasteiger partial charge in [-0.3, -0.25) is 29.0 Å². The molecule has 4 rings (SSSR count). The molecule has 5 unspecified atom stereocenters. The Hall–Kier alpha value is -2.00. The number of esters is 2. The molecule has 0 radical (unpaired) electrons. The zero-order valence-corrected chi connectivity index (χ0v) is 47.5. The third kappa shape index (κ3) is 24.5. The highest BCUT2D eigenvalue weighted by molar-refractivity contribution is 5.84. The van der Waals surface area contributed by atoms with Gasteiger partial charge in [0.15, 0.2) is 0 Å². The van der Waals surface area contributed by atoms with Crippen LogP contribution in [-0.2, 0) is 28.7 Å². The van der Waals surface area contributed by atoms with E-state index in [2.05, 4.69) is 56.2 Å². The third-order valence-electron chi connectivity index (χ3n) is 17.9. The smallest absolute Gasteiger partial charge is 0.311 e. The molecule has 4 aliphatic rings. The van der Waals surface area contributed by atoms with Crippen LogP contribution in [0.4, 0.5) is 0 Å². The molecule has 4 fully saturated rings. The number of carbonyl (C=O) groups is 4. The van der Waals surface area contributed by atoms with Gasteiger partial charge < -0.3 is 14.4 Å². The van der Waals surface area contributed by atoms with Crippen molar-refractivity contribution in [1.29, 1.82) is 0 Å². The van der Waals surface area contributed by atoms with E-state index >= 15 is 0 Å². The van der Waals surface area contributed by atoms with E-state index in [0.717, 1.165) is 136 Å². The van der Waals surface area contributed by atoms with Crippen molar-refractivity contribution in [2.45, 2.75) is 266 Å². The Labute approximate surface area is 437 Å². The number of ketones is 1. The molecule has 71 heavy (non-hydrogen) atoms. The molecule has 3 aliphatic heterocycles. The van der Waals surface area contributed by atoms with Gasteiger partial charge in [-0.2, -0.15) is 0 Å². The summed E-state index contributed by atoms with van der Waals surface area (Å²) in [6, 6.07) is 0. The second-order valence-electron chi connectivity index (χ2n) is 25.0. The number of fused-ring (bicyclic) bond motifs is 1. The minimum absolute atomic E-state index is 0.0556. The molecule has 9 nitrogen and oxygen atoms in total. The number of ether oxygens (including phenoxy) is 2. The van der Waals surface area contributed by atoms with Gasteiger partial charge in [0.25, 0.3) is 0 Å². The summed E-state index contributed by atoms with van der Waals surface area (Å²) in [5, 5.41) is 0. The second-order valence-corrected chi connectivity index (χ2v) is 25.0. The molecule has 0 N–H and O–H groups in total. The van der Waals surface area contributed by atoms with Crippen LogP contribution >= 0.6 is 0 Å². The van der Waals surface area contributed by atoms with Gasteiger partial charge in [0.2, 0.25) is 5.91 Å². The summed E-state index contributed by atoms with van der Waals surface area (Å²) >= 11 is 0. The molecule has 0 aromatic carbocycles. The Morgan fingerprint density at radius 1 is 0.493 bits per heavy atom. The van der Waals surface area contributed by atoms with Crippen molar-refractivity contribution in [2.75, 3.05) is 65.6 Å². The normalized spacial score (nSPS) is 28.2. The third-order valence-corrected chi connectivity index (χ3v) is 17.9. The molecule has 0 spiro atoms. The molecule has 3 heterocycles. The maximum Gasteiger partial charge on any atom is 0.311 e. The second kappa shape index (κ2) is 35.3.